The third kappa shape index (κ3) is 2.95. The summed E-state index contributed by atoms with van der Waals surface area (Å²) >= 11 is 0. The summed E-state index contributed by atoms with van der Waals surface area (Å²) in [4.78, 5) is 4.05. The van der Waals surface area contributed by atoms with Crippen LogP contribution >= 0.6 is 0 Å². The number of nitriles is 1. The summed E-state index contributed by atoms with van der Waals surface area (Å²) in [5.41, 5.74) is 1.37. The molecule has 2 rings (SSSR count). The maximum absolute atomic E-state index is 9.01. The molecule has 1 aromatic heterocycles. The quantitative estimate of drug-likeness (QED) is 0.848. The molecular formula is C13H17N3O. The average molecular weight is 231 g/mol. The third-order valence-electron chi connectivity index (χ3n) is 3.00. The molecule has 90 valence electrons. The summed E-state index contributed by atoms with van der Waals surface area (Å²) in [5.74, 6) is 0. The first-order valence-electron chi connectivity index (χ1n) is 5.85. The first-order chi connectivity index (χ1) is 8.11. The molecule has 0 saturated carbocycles. The predicted octanol–water partition coefficient (Wildman–Crippen LogP) is 2.32. The van der Waals surface area contributed by atoms with Crippen LogP contribution in [0.15, 0.2) is 18.5 Å². The molecular weight excluding hydrogens is 214 g/mol. The molecule has 0 amide bonds. The highest BCUT2D eigenvalue weighted by atomic mass is 16.5. The Labute approximate surface area is 102 Å². The number of nitrogens with one attached hydrogen (secondary N) is 1. The highest BCUT2D eigenvalue weighted by Crippen LogP contribution is 2.26. The molecule has 1 unspecified atom stereocenters. The van der Waals surface area contributed by atoms with E-state index in [2.05, 4.69) is 30.2 Å². The molecule has 1 saturated heterocycles. The molecule has 1 atom stereocenters. The molecule has 0 spiro atoms. The molecule has 1 N–H and O–H groups in total. The number of pyridine rings is 1. The van der Waals surface area contributed by atoms with Crippen molar-refractivity contribution in [2.45, 2.75) is 38.3 Å². The van der Waals surface area contributed by atoms with Crippen LogP contribution in [-0.2, 0) is 4.74 Å². The van der Waals surface area contributed by atoms with Gasteiger partial charge in [-0.05, 0) is 32.8 Å². The lowest BCUT2D eigenvalue weighted by atomic mass is 9.93. The van der Waals surface area contributed by atoms with Crippen LogP contribution < -0.4 is 5.32 Å². The van der Waals surface area contributed by atoms with Gasteiger partial charge in [-0.15, -0.1) is 0 Å². The molecule has 1 aliphatic heterocycles. The van der Waals surface area contributed by atoms with E-state index in [0.717, 1.165) is 25.1 Å². The van der Waals surface area contributed by atoms with Gasteiger partial charge in [0.2, 0.25) is 0 Å². The van der Waals surface area contributed by atoms with Gasteiger partial charge in [0.1, 0.15) is 6.07 Å². The van der Waals surface area contributed by atoms with E-state index in [0.29, 0.717) is 11.6 Å². The zero-order valence-electron chi connectivity index (χ0n) is 10.2. The number of anilines is 1. The van der Waals surface area contributed by atoms with Crippen molar-refractivity contribution in [1.82, 2.24) is 4.98 Å². The molecule has 0 radical (unpaired) electrons. The lowest BCUT2D eigenvalue weighted by Gasteiger charge is -2.36. The van der Waals surface area contributed by atoms with Crippen LogP contribution in [0.5, 0.6) is 0 Å². The molecule has 4 heteroatoms. The minimum atomic E-state index is -0.0923. The highest BCUT2D eigenvalue weighted by molar-refractivity contribution is 5.55. The number of nitrogens with zero attached hydrogens (tertiary/aromatic N) is 2. The Morgan fingerprint density at radius 3 is 3.12 bits per heavy atom. The summed E-state index contributed by atoms with van der Waals surface area (Å²) < 4.78 is 5.67. The number of hydrogen-bond donors (Lipinski definition) is 1. The smallest absolute Gasteiger partial charge is 0.101 e. The van der Waals surface area contributed by atoms with Crippen LogP contribution in [0.4, 0.5) is 5.69 Å². The van der Waals surface area contributed by atoms with Crippen LogP contribution in [0.1, 0.15) is 32.3 Å². The van der Waals surface area contributed by atoms with Gasteiger partial charge >= 0.3 is 0 Å². The zero-order valence-corrected chi connectivity index (χ0v) is 10.2. The minimum absolute atomic E-state index is 0.0923. The second-order valence-electron chi connectivity index (χ2n) is 4.98. The fourth-order valence-corrected chi connectivity index (χ4v) is 2.18. The first kappa shape index (κ1) is 11.9. The van der Waals surface area contributed by atoms with E-state index in [9.17, 15) is 0 Å². The number of hydrogen-bond acceptors (Lipinski definition) is 4. The topological polar surface area (TPSA) is 57.9 Å². The van der Waals surface area contributed by atoms with Gasteiger partial charge in [-0.25, -0.2) is 0 Å². The average Bonchev–Trinajstić information content (AvgIpc) is 2.28. The maximum atomic E-state index is 9.01. The summed E-state index contributed by atoms with van der Waals surface area (Å²) in [6.07, 6.45) is 5.24. The van der Waals surface area contributed by atoms with Crippen LogP contribution in [0, 0.1) is 11.3 Å². The number of rotatable bonds is 2. The maximum Gasteiger partial charge on any atom is 0.101 e. The number of ether oxygens (including phenoxy) is 1. The summed E-state index contributed by atoms with van der Waals surface area (Å²) in [6.45, 7) is 4.94. The molecule has 2 heterocycles. The van der Waals surface area contributed by atoms with E-state index in [1.807, 2.05) is 0 Å². The third-order valence-corrected chi connectivity index (χ3v) is 3.00. The molecule has 1 aromatic rings. The Morgan fingerprint density at radius 1 is 1.59 bits per heavy atom. The fraction of sp³-hybridized carbons (Fsp3) is 0.538. The van der Waals surface area contributed by atoms with Gasteiger partial charge in [0.05, 0.1) is 23.0 Å². The first-order valence-corrected chi connectivity index (χ1v) is 5.85. The van der Waals surface area contributed by atoms with Crippen LogP contribution in [0.25, 0.3) is 0 Å². The second-order valence-corrected chi connectivity index (χ2v) is 4.98. The lowest BCUT2D eigenvalue weighted by molar-refractivity contribution is -0.0553. The Bertz CT molecular complexity index is 437. The van der Waals surface area contributed by atoms with Crippen molar-refractivity contribution in [3.05, 3.63) is 24.0 Å². The summed E-state index contributed by atoms with van der Waals surface area (Å²) in [5, 5.41) is 12.4. The van der Waals surface area contributed by atoms with Crippen molar-refractivity contribution < 1.29 is 4.74 Å². The van der Waals surface area contributed by atoms with E-state index < -0.39 is 0 Å². The Balaban J connectivity index is 2.08. The number of aromatic nitrogens is 1. The standard InChI is InChI=1S/C13H17N3O/c1-13(2)7-11(4-6-17-13)16-12-9-15-5-3-10(12)8-14/h3,5,9,11,16H,4,6-7H2,1-2H3. The normalized spacial score (nSPS) is 22.8. The van der Waals surface area contributed by atoms with Crippen LogP contribution in [0.3, 0.4) is 0 Å². The van der Waals surface area contributed by atoms with E-state index in [-0.39, 0.29) is 5.60 Å². The van der Waals surface area contributed by atoms with Gasteiger partial charge in [-0.1, -0.05) is 0 Å². The lowest BCUT2D eigenvalue weighted by Crippen LogP contribution is -2.40. The van der Waals surface area contributed by atoms with Gasteiger partial charge < -0.3 is 10.1 Å². The molecule has 0 bridgehead atoms. The van der Waals surface area contributed by atoms with Gasteiger partial charge in [0.25, 0.3) is 0 Å². The minimum Gasteiger partial charge on any atom is -0.380 e. The van der Waals surface area contributed by atoms with Crippen LogP contribution in [0.2, 0.25) is 0 Å². The molecule has 17 heavy (non-hydrogen) atoms. The van der Waals surface area contributed by atoms with Crippen LogP contribution in [-0.4, -0.2) is 23.2 Å². The van der Waals surface area contributed by atoms with Gasteiger partial charge in [0.15, 0.2) is 0 Å². The second kappa shape index (κ2) is 4.72. The van der Waals surface area contributed by atoms with Gasteiger partial charge in [-0.3, -0.25) is 4.98 Å². The van der Waals surface area contributed by atoms with Gasteiger partial charge in [0, 0.05) is 18.8 Å². The molecule has 1 fully saturated rings. The van der Waals surface area contributed by atoms with Crippen molar-refractivity contribution in [2.24, 2.45) is 0 Å². The van der Waals surface area contributed by atoms with Gasteiger partial charge in [-0.2, -0.15) is 5.26 Å². The predicted molar refractivity (Wildman–Crippen MR) is 65.6 cm³/mol. The molecule has 0 aliphatic carbocycles. The Morgan fingerprint density at radius 2 is 2.41 bits per heavy atom. The summed E-state index contributed by atoms with van der Waals surface area (Å²) in [7, 11) is 0. The highest BCUT2D eigenvalue weighted by Gasteiger charge is 2.28. The molecule has 4 nitrogen and oxygen atoms in total. The van der Waals surface area contributed by atoms with Crippen molar-refractivity contribution in [1.29, 1.82) is 5.26 Å². The van der Waals surface area contributed by atoms with Crippen molar-refractivity contribution in [2.75, 3.05) is 11.9 Å². The van der Waals surface area contributed by atoms with E-state index in [1.54, 1.807) is 18.5 Å². The van der Waals surface area contributed by atoms with Crippen molar-refractivity contribution >= 4 is 5.69 Å². The molecule has 1 aliphatic rings. The zero-order chi connectivity index (χ0) is 12.3. The SMILES string of the molecule is CC1(C)CC(Nc2cnccc2C#N)CCO1. The summed E-state index contributed by atoms with van der Waals surface area (Å²) in [6, 6.07) is 4.24. The van der Waals surface area contributed by atoms with E-state index >= 15 is 0 Å². The van der Waals surface area contributed by atoms with E-state index in [1.165, 1.54) is 0 Å². The fourth-order valence-electron chi connectivity index (χ4n) is 2.18. The van der Waals surface area contributed by atoms with Crippen molar-refractivity contribution in [3.8, 4) is 6.07 Å². The van der Waals surface area contributed by atoms with Crippen molar-refractivity contribution in [3.63, 3.8) is 0 Å². The Kier molecular flexibility index (Phi) is 3.30. The monoisotopic (exact) mass is 231 g/mol. The Hall–Kier alpha value is -1.60. The van der Waals surface area contributed by atoms with E-state index in [4.69, 9.17) is 10.00 Å². The largest absolute Gasteiger partial charge is 0.380 e. The molecule has 0 aromatic carbocycles.